The quantitative estimate of drug-likeness (QED) is 0.503. The number of carbonyl (C=O) groups excluding carboxylic acids is 1. The monoisotopic (exact) mass is 386 g/mol. The Morgan fingerprint density at radius 2 is 1.62 bits per heavy atom. The number of carboxylic acids is 1. The molecule has 4 rings (SSSR count). The van der Waals surface area contributed by atoms with Gasteiger partial charge in [-0.3, -0.25) is 9.59 Å². The standard InChI is InChI=1S/C24H22N2O3/c1-17-12-14-24(15-13-17,23(28)29)22(27)26-21(19-10-6-3-7-11-19)16-20(25-26)18-8-4-2-5-9-18/h2-12,16H,13-15H2,1H3,(H,28,29). The fourth-order valence-electron chi connectivity index (χ4n) is 3.75. The van der Waals surface area contributed by atoms with Crippen LogP contribution in [0.25, 0.3) is 22.5 Å². The Labute approximate surface area is 169 Å². The average molecular weight is 386 g/mol. The minimum Gasteiger partial charge on any atom is -0.480 e. The largest absolute Gasteiger partial charge is 0.480 e. The highest BCUT2D eigenvalue weighted by molar-refractivity contribution is 6.04. The molecule has 1 aliphatic rings. The molecule has 1 N–H and O–H groups in total. The fraction of sp³-hybridized carbons (Fsp3) is 0.208. The summed E-state index contributed by atoms with van der Waals surface area (Å²) >= 11 is 0. The second-order valence-corrected chi connectivity index (χ2v) is 7.51. The van der Waals surface area contributed by atoms with Gasteiger partial charge in [-0.1, -0.05) is 72.3 Å². The van der Waals surface area contributed by atoms with Gasteiger partial charge in [-0.25, -0.2) is 0 Å². The molecular weight excluding hydrogens is 364 g/mol. The summed E-state index contributed by atoms with van der Waals surface area (Å²) in [6.07, 6.45) is 2.91. The van der Waals surface area contributed by atoms with Crippen LogP contribution in [0.1, 0.15) is 31.0 Å². The van der Waals surface area contributed by atoms with Crippen LogP contribution in [0.3, 0.4) is 0 Å². The summed E-state index contributed by atoms with van der Waals surface area (Å²) in [6, 6.07) is 20.9. The molecule has 1 aromatic heterocycles. The van der Waals surface area contributed by atoms with E-state index in [2.05, 4.69) is 5.10 Å². The predicted octanol–water partition coefficient (Wildman–Crippen LogP) is 5.06. The SMILES string of the molecule is CC1=CCC(C(=O)O)(C(=O)n2nc(-c3ccccc3)cc2-c2ccccc2)CC1. The predicted molar refractivity (Wildman–Crippen MR) is 111 cm³/mol. The number of carboxylic acid groups (broad SMARTS) is 1. The molecule has 29 heavy (non-hydrogen) atoms. The second-order valence-electron chi connectivity index (χ2n) is 7.51. The summed E-state index contributed by atoms with van der Waals surface area (Å²) in [4.78, 5) is 25.8. The van der Waals surface area contributed by atoms with Crippen molar-refractivity contribution in [3.05, 3.63) is 78.4 Å². The van der Waals surface area contributed by atoms with Gasteiger partial charge in [-0.15, -0.1) is 0 Å². The summed E-state index contributed by atoms with van der Waals surface area (Å²) in [5, 5.41) is 14.6. The van der Waals surface area contributed by atoms with Crippen LogP contribution in [0.2, 0.25) is 0 Å². The smallest absolute Gasteiger partial charge is 0.319 e. The maximum atomic E-state index is 13.6. The zero-order valence-electron chi connectivity index (χ0n) is 16.2. The molecule has 0 amide bonds. The summed E-state index contributed by atoms with van der Waals surface area (Å²) in [6.45, 7) is 1.97. The molecule has 5 nitrogen and oxygen atoms in total. The summed E-state index contributed by atoms with van der Waals surface area (Å²) in [5.74, 6) is -1.59. The van der Waals surface area contributed by atoms with Crippen molar-refractivity contribution in [3.63, 3.8) is 0 Å². The van der Waals surface area contributed by atoms with E-state index in [1.165, 1.54) is 4.68 Å². The minimum atomic E-state index is -1.50. The van der Waals surface area contributed by atoms with E-state index in [4.69, 9.17) is 0 Å². The molecular formula is C24H22N2O3. The van der Waals surface area contributed by atoms with E-state index in [-0.39, 0.29) is 12.8 Å². The molecule has 1 aliphatic carbocycles. The Bertz CT molecular complexity index is 1080. The van der Waals surface area contributed by atoms with Crippen molar-refractivity contribution in [2.24, 2.45) is 5.41 Å². The van der Waals surface area contributed by atoms with Gasteiger partial charge in [0.15, 0.2) is 5.41 Å². The second kappa shape index (κ2) is 7.51. The van der Waals surface area contributed by atoms with Crippen LogP contribution in [-0.2, 0) is 4.79 Å². The lowest BCUT2D eigenvalue weighted by molar-refractivity contribution is -0.146. The normalized spacial score (nSPS) is 18.9. The third-order valence-electron chi connectivity index (χ3n) is 5.60. The van der Waals surface area contributed by atoms with Crippen LogP contribution >= 0.6 is 0 Å². The van der Waals surface area contributed by atoms with E-state index in [0.29, 0.717) is 17.8 Å². The van der Waals surface area contributed by atoms with Crippen molar-refractivity contribution in [2.75, 3.05) is 0 Å². The topological polar surface area (TPSA) is 72.2 Å². The number of benzene rings is 2. The fourth-order valence-corrected chi connectivity index (χ4v) is 3.75. The number of aromatic nitrogens is 2. The Morgan fingerprint density at radius 1 is 1.00 bits per heavy atom. The number of aliphatic carboxylic acids is 1. The molecule has 2 aromatic carbocycles. The van der Waals surface area contributed by atoms with Gasteiger partial charge in [0, 0.05) is 11.1 Å². The first-order chi connectivity index (χ1) is 14.0. The maximum Gasteiger partial charge on any atom is 0.319 e. The number of rotatable bonds is 4. The van der Waals surface area contributed by atoms with Gasteiger partial charge in [0.05, 0.1) is 11.4 Å². The van der Waals surface area contributed by atoms with Gasteiger partial charge in [-0.2, -0.15) is 9.78 Å². The van der Waals surface area contributed by atoms with Crippen molar-refractivity contribution in [1.29, 1.82) is 0 Å². The lowest BCUT2D eigenvalue weighted by Crippen LogP contribution is -2.44. The van der Waals surface area contributed by atoms with Crippen molar-refractivity contribution in [3.8, 4) is 22.5 Å². The lowest BCUT2D eigenvalue weighted by Gasteiger charge is -2.30. The van der Waals surface area contributed by atoms with Gasteiger partial charge in [0.1, 0.15) is 0 Å². The third kappa shape index (κ3) is 3.40. The van der Waals surface area contributed by atoms with Gasteiger partial charge < -0.3 is 5.11 Å². The van der Waals surface area contributed by atoms with E-state index < -0.39 is 17.3 Å². The Kier molecular flexibility index (Phi) is 4.89. The van der Waals surface area contributed by atoms with Crippen LogP contribution in [-0.4, -0.2) is 26.8 Å². The van der Waals surface area contributed by atoms with Crippen molar-refractivity contribution >= 4 is 11.9 Å². The molecule has 0 bridgehead atoms. The highest BCUT2D eigenvalue weighted by atomic mass is 16.4. The first-order valence-electron chi connectivity index (χ1n) is 9.66. The molecule has 1 unspecified atom stereocenters. The molecule has 0 radical (unpaired) electrons. The Balaban J connectivity index is 1.86. The molecule has 3 aromatic rings. The number of hydrogen-bond acceptors (Lipinski definition) is 3. The van der Waals surface area contributed by atoms with Crippen LogP contribution in [0.15, 0.2) is 78.4 Å². The van der Waals surface area contributed by atoms with Crippen LogP contribution < -0.4 is 0 Å². The molecule has 0 saturated carbocycles. The highest BCUT2D eigenvalue weighted by Gasteiger charge is 2.48. The number of allylic oxidation sites excluding steroid dienone is 2. The molecule has 146 valence electrons. The maximum absolute atomic E-state index is 13.6. The van der Waals surface area contributed by atoms with Crippen LogP contribution in [0, 0.1) is 5.41 Å². The van der Waals surface area contributed by atoms with Crippen LogP contribution in [0.5, 0.6) is 0 Å². The number of nitrogens with zero attached hydrogens (tertiary/aromatic N) is 2. The van der Waals surface area contributed by atoms with E-state index in [0.717, 1.165) is 16.7 Å². The van der Waals surface area contributed by atoms with Gasteiger partial charge >= 0.3 is 5.97 Å². The van der Waals surface area contributed by atoms with Crippen LogP contribution in [0.4, 0.5) is 0 Å². The highest BCUT2D eigenvalue weighted by Crippen LogP contribution is 2.39. The van der Waals surface area contributed by atoms with Crippen molar-refractivity contribution in [1.82, 2.24) is 9.78 Å². The Hall–Kier alpha value is -3.47. The zero-order valence-corrected chi connectivity index (χ0v) is 16.2. The zero-order chi connectivity index (χ0) is 20.4. The molecule has 1 atom stereocenters. The molecule has 0 aliphatic heterocycles. The van der Waals surface area contributed by atoms with E-state index in [1.54, 1.807) is 0 Å². The van der Waals surface area contributed by atoms with E-state index in [1.807, 2.05) is 79.7 Å². The third-order valence-corrected chi connectivity index (χ3v) is 5.60. The summed E-state index contributed by atoms with van der Waals surface area (Å²) < 4.78 is 1.29. The van der Waals surface area contributed by atoms with Gasteiger partial charge in [0.2, 0.25) is 0 Å². The van der Waals surface area contributed by atoms with E-state index >= 15 is 0 Å². The van der Waals surface area contributed by atoms with Crippen molar-refractivity contribution < 1.29 is 14.7 Å². The molecule has 0 saturated heterocycles. The van der Waals surface area contributed by atoms with Gasteiger partial charge in [0.25, 0.3) is 5.91 Å². The average Bonchev–Trinajstić information content (AvgIpc) is 3.20. The number of carbonyl (C=O) groups is 2. The minimum absolute atomic E-state index is 0.182. The summed E-state index contributed by atoms with van der Waals surface area (Å²) in [5.41, 5.74) is 2.55. The molecule has 1 heterocycles. The van der Waals surface area contributed by atoms with Gasteiger partial charge in [-0.05, 0) is 32.3 Å². The molecule has 0 fully saturated rings. The Morgan fingerprint density at radius 3 is 2.17 bits per heavy atom. The molecule has 0 spiro atoms. The van der Waals surface area contributed by atoms with E-state index in [9.17, 15) is 14.7 Å². The lowest BCUT2D eigenvalue weighted by atomic mass is 9.74. The first kappa shape index (κ1) is 18.9. The summed E-state index contributed by atoms with van der Waals surface area (Å²) in [7, 11) is 0. The van der Waals surface area contributed by atoms with Crippen molar-refractivity contribution in [2.45, 2.75) is 26.2 Å². The number of hydrogen-bond donors (Lipinski definition) is 1. The first-order valence-corrected chi connectivity index (χ1v) is 9.66. The molecule has 5 heteroatoms.